The Morgan fingerprint density at radius 2 is 2.25 bits per heavy atom. The van der Waals surface area contributed by atoms with Crippen LogP contribution in [0.3, 0.4) is 0 Å². The third-order valence-electron chi connectivity index (χ3n) is 1.89. The van der Waals surface area contributed by atoms with Gasteiger partial charge < -0.3 is 9.26 Å². The van der Waals surface area contributed by atoms with E-state index in [0.717, 1.165) is 26.3 Å². The fraction of sp³-hybridized carbons (Fsp3) is 0.857. The maximum Gasteiger partial charge on any atom is 0.122 e. The van der Waals surface area contributed by atoms with Gasteiger partial charge in [-0.3, -0.25) is 4.90 Å². The molecule has 0 aliphatic carbocycles. The highest BCUT2D eigenvalue weighted by Crippen LogP contribution is 2.04. The van der Waals surface area contributed by atoms with Crippen molar-refractivity contribution in [2.75, 3.05) is 32.9 Å². The quantitative estimate of drug-likeness (QED) is 0.585. The lowest BCUT2D eigenvalue weighted by Crippen LogP contribution is -2.44. The molecule has 0 saturated carbocycles. The Morgan fingerprint density at radius 3 is 2.75 bits per heavy atom. The normalized spacial score (nSPS) is 21.7. The van der Waals surface area contributed by atoms with Gasteiger partial charge in [0.1, 0.15) is 6.04 Å². The lowest BCUT2D eigenvalue weighted by atomic mass is 10.2. The molecule has 2 unspecified atom stereocenters. The monoisotopic (exact) mass is 188 g/mol. The van der Waals surface area contributed by atoms with Gasteiger partial charge in [-0.25, -0.2) is 0 Å². The highest BCUT2D eigenvalue weighted by Gasteiger charge is 2.19. The lowest BCUT2D eigenvalue weighted by molar-refractivity contribution is 0.0199. The van der Waals surface area contributed by atoms with E-state index in [9.17, 15) is 0 Å². The van der Waals surface area contributed by atoms with Gasteiger partial charge in [-0.1, -0.05) is 0 Å². The van der Waals surface area contributed by atoms with Crippen molar-refractivity contribution in [2.45, 2.75) is 6.04 Å². The molecular weight excluding hydrogens is 175 g/mol. The summed E-state index contributed by atoms with van der Waals surface area (Å²) in [5.74, 6) is 0. The summed E-state index contributed by atoms with van der Waals surface area (Å²) in [7, 11) is 2.16. The predicted molar refractivity (Wildman–Crippen MR) is 47.5 cm³/mol. The van der Waals surface area contributed by atoms with Gasteiger partial charge in [-0.05, 0) is 0 Å². The van der Waals surface area contributed by atoms with Crippen LogP contribution in [0.2, 0.25) is 0 Å². The van der Waals surface area contributed by atoms with Gasteiger partial charge in [0, 0.05) is 22.6 Å². The molecule has 0 aromatic rings. The van der Waals surface area contributed by atoms with Crippen LogP contribution in [-0.4, -0.2) is 43.9 Å². The predicted octanol–water partition coefficient (Wildman–Crippen LogP) is 0.0175. The fourth-order valence-corrected chi connectivity index (χ4v) is 1.39. The minimum atomic E-state index is -0.133. The SMILES string of the molecule is N#CC(COP)N1CCOCC1. The second kappa shape index (κ2) is 5.45. The van der Waals surface area contributed by atoms with E-state index in [1.54, 1.807) is 0 Å². The molecule has 1 fully saturated rings. The van der Waals surface area contributed by atoms with E-state index in [2.05, 4.69) is 20.4 Å². The number of nitrogens with zero attached hydrogens (tertiary/aromatic N) is 2. The van der Waals surface area contributed by atoms with E-state index >= 15 is 0 Å². The Labute approximate surface area is 74.7 Å². The largest absolute Gasteiger partial charge is 0.379 e. The Kier molecular flexibility index (Phi) is 4.49. The molecule has 0 aromatic carbocycles. The van der Waals surface area contributed by atoms with Gasteiger partial charge in [0.15, 0.2) is 0 Å². The molecule has 2 atom stereocenters. The summed E-state index contributed by atoms with van der Waals surface area (Å²) in [5.41, 5.74) is 0. The van der Waals surface area contributed by atoms with Crippen molar-refractivity contribution < 1.29 is 9.26 Å². The van der Waals surface area contributed by atoms with E-state index in [1.165, 1.54) is 0 Å². The van der Waals surface area contributed by atoms with Gasteiger partial charge in [-0.2, -0.15) is 5.26 Å². The van der Waals surface area contributed by atoms with Crippen molar-refractivity contribution in [2.24, 2.45) is 0 Å². The molecule has 68 valence electrons. The molecule has 0 radical (unpaired) electrons. The molecule has 4 nitrogen and oxygen atoms in total. The number of ether oxygens (including phenoxy) is 1. The third-order valence-corrected chi connectivity index (χ3v) is 2.08. The molecule has 0 aromatic heterocycles. The highest BCUT2D eigenvalue weighted by atomic mass is 31.0. The van der Waals surface area contributed by atoms with Crippen molar-refractivity contribution >= 4 is 9.47 Å². The van der Waals surface area contributed by atoms with Gasteiger partial charge in [0.05, 0.1) is 25.9 Å². The first kappa shape index (κ1) is 9.88. The van der Waals surface area contributed by atoms with Crippen LogP contribution < -0.4 is 0 Å². The number of rotatable bonds is 3. The molecule has 1 saturated heterocycles. The second-order valence-corrected chi connectivity index (χ2v) is 2.96. The van der Waals surface area contributed by atoms with E-state index < -0.39 is 0 Å². The zero-order valence-corrected chi connectivity index (χ0v) is 8.06. The van der Waals surface area contributed by atoms with Crippen LogP contribution >= 0.6 is 9.47 Å². The molecule has 1 heterocycles. The van der Waals surface area contributed by atoms with Crippen molar-refractivity contribution in [1.82, 2.24) is 4.90 Å². The van der Waals surface area contributed by atoms with Crippen molar-refractivity contribution in [1.29, 1.82) is 5.26 Å². The Hall–Kier alpha value is -0.200. The minimum absolute atomic E-state index is 0.133. The Morgan fingerprint density at radius 1 is 1.58 bits per heavy atom. The van der Waals surface area contributed by atoms with E-state index in [1.807, 2.05) is 0 Å². The van der Waals surface area contributed by atoms with Crippen molar-refractivity contribution in [3.05, 3.63) is 0 Å². The van der Waals surface area contributed by atoms with Crippen LogP contribution in [0.5, 0.6) is 0 Å². The van der Waals surface area contributed by atoms with Gasteiger partial charge in [0.25, 0.3) is 0 Å². The highest BCUT2D eigenvalue weighted by molar-refractivity contribution is 7.09. The molecule has 1 rings (SSSR count). The van der Waals surface area contributed by atoms with Crippen molar-refractivity contribution in [3.63, 3.8) is 0 Å². The molecule has 1 aliphatic rings. The average Bonchev–Trinajstić information content (AvgIpc) is 2.15. The third kappa shape index (κ3) is 2.69. The summed E-state index contributed by atoms with van der Waals surface area (Å²) in [6.45, 7) is 3.53. The van der Waals surface area contributed by atoms with Gasteiger partial charge >= 0.3 is 0 Å². The number of hydrogen-bond donors (Lipinski definition) is 0. The van der Waals surface area contributed by atoms with Gasteiger partial charge in [0.2, 0.25) is 0 Å². The maximum absolute atomic E-state index is 8.79. The van der Waals surface area contributed by atoms with Crippen LogP contribution in [0.4, 0.5) is 0 Å². The first-order chi connectivity index (χ1) is 5.88. The topological polar surface area (TPSA) is 45.5 Å². The van der Waals surface area contributed by atoms with E-state index in [4.69, 9.17) is 14.5 Å². The number of nitriles is 1. The summed E-state index contributed by atoms with van der Waals surface area (Å²) in [6, 6.07) is 2.07. The minimum Gasteiger partial charge on any atom is -0.379 e. The van der Waals surface area contributed by atoms with Crippen LogP contribution in [0.25, 0.3) is 0 Å². The van der Waals surface area contributed by atoms with Crippen LogP contribution in [-0.2, 0) is 9.26 Å². The zero-order valence-electron chi connectivity index (χ0n) is 6.90. The van der Waals surface area contributed by atoms with Crippen LogP contribution in [0.15, 0.2) is 0 Å². The van der Waals surface area contributed by atoms with Gasteiger partial charge in [-0.15, -0.1) is 0 Å². The molecule has 5 heteroatoms. The first-order valence-electron chi connectivity index (χ1n) is 3.91. The molecular formula is C7H13N2O2P. The van der Waals surface area contributed by atoms with E-state index in [0.29, 0.717) is 6.61 Å². The summed E-state index contributed by atoms with van der Waals surface area (Å²) >= 11 is 0. The van der Waals surface area contributed by atoms with Crippen molar-refractivity contribution in [3.8, 4) is 6.07 Å². The smallest absolute Gasteiger partial charge is 0.122 e. The van der Waals surface area contributed by atoms with E-state index in [-0.39, 0.29) is 6.04 Å². The summed E-state index contributed by atoms with van der Waals surface area (Å²) in [6.07, 6.45) is 0. The lowest BCUT2D eigenvalue weighted by Gasteiger charge is -2.29. The molecule has 0 amide bonds. The molecule has 1 aliphatic heterocycles. The second-order valence-electron chi connectivity index (χ2n) is 2.63. The first-order valence-corrected chi connectivity index (χ1v) is 4.38. The number of morpholine rings is 1. The maximum atomic E-state index is 8.79. The zero-order chi connectivity index (χ0) is 8.81. The number of hydrogen-bond acceptors (Lipinski definition) is 4. The summed E-state index contributed by atoms with van der Waals surface area (Å²) in [5, 5.41) is 8.79. The Balaban J connectivity index is 2.36. The summed E-state index contributed by atoms with van der Waals surface area (Å²) < 4.78 is 10.0. The molecule has 12 heavy (non-hydrogen) atoms. The van der Waals surface area contributed by atoms with Crippen LogP contribution in [0, 0.1) is 11.3 Å². The molecule has 0 spiro atoms. The molecule has 0 N–H and O–H groups in total. The average molecular weight is 188 g/mol. The van der Waals surface area contributed by atoms with Crippen LogP contribution in [0.1, 0.15) is 0 Å². The molecule has 0 bridgehead atoms. The summed E-state index contributed by atoms with van der Waals surface area (Å²) in [4.78, 5) is 2.08. The fourth-order valence-electron chi connectivity index (χ4n) is 1.20. The Bertz CT molecular complexity index is 165. The standard InChI is InChI=1S/C7H13N2O2P/c8-5-7(6-11-12)9-1-3-10-4-2-9/h7H,1-4,6,12H2.